The molecule has 1 atom stereocenters. The highest BCUT2D eigenvalue weighted by Crippen LogP contribution is 2.19. The van der Waals surface area contributed by atoms with E-state index in [0.717, 1.165) is 5.56 Å². The Bertz CT molecular complexity index is 463. The van der Waals surface area contributed by atoms with Gasteiger partial charge in [-0.2, -0.15) is 0 Å². The number of amides is 1. The van der Waals surface area contributed by atoms with Crippen molar-refractivity contribution in [3.63, 3.8) is 0 Å². The molecule has 0 aliphatic carbocycles. The lowest BCUT2D eigenvalue weighted by Gasteiger charge is -2.32. The largest absolute Gasteiger partial charge is 0.388 e. The second-order valence-corrected chi connectivity index (χ2v) is 6.15. The van der Waals surface area contributed by atoms with Crippen molar-refractivity contribution < 1.29 is 14.6 Å². The highest BCUT2D eigenvalue weighted by Gasteiger charge is 2.30. The van der Waals surface area contributed by atoms with E-state index in [9.17, 15) is 9.90 Å². The van der Waals surface area contributed by atoms with Crippen molar-refractivity contribution in [2.24, 2.45) is 5.92 Å². The number of aliphatic hydroxyl groups is 1. The van der Waals surface area contributed by atoms with Crippen LogP contribution in [0.1, 0.15) is 30.9 Å². The maximum atomic E-state index is 12.1. The molecule has 0 aromatic heterocycles. The summed E-state index contributed by atoms with van der Waals surface area (Å²) in [6, 6.07) is 8.24. The van der Waals surface area contributed by atoms with E-state index in [0.29, 0.717) is 39.0 Å². The van der Waals surface area contributed by atoms with Gasteiger partial charge in [-0.05, 0) is 18.9 Å². The minimum Gasteiger partial charge on any atom is -0.388 e. The summed E-state index contributed by atoms with van der Waals surface area (Å²) in [5.41, 5.74) is 1.57. The van der Waals surface area contributed by atoms with Crippen LogP contribution in [0.2, 0.25) is 0 Å². The average molecular weight is 291 g/mol. The lowest BCUT2D eigenvalue weighted by Crippen LogP contribution is -2.47. The van der Waals surface area contributed by atoms with Crippen LogP contribution >= 0.6 is 0 Å². The summed E-state index contributed by atoms with van der Waals surface area (Å²) < 4.78 is 5.24. The fraction of sp³-hybridized carbons (Fsp3) is 0.588. The summed E-state index contributed by atoms with van der Waals surface area (Å²) >= 11 is 0. The summed E-state index contributed by atoms with van der Waals surface area (Å²) in [5.74, 6) is -0.105. The van der Waals surface area contributed by atoms with Crippen LogP contribution in [0.3, 0.4) is 0 Å². The molecule has 1 unspecified atom stereocenters. The average Bonchev–Trinajstić information content (AvgIpc) is 2.48. The van der Waals surface area contributed by atoms with Crippen molar-refractivity contribution in [1.29, 1.82) is 0 Å². The lowest BCUT2D eigenvalue weighted by atomic mass is 9.93. The summed E-state index contributed by atoms with van der Waals surface area (Å²) in [6.45, 7) is 5.40. The maximum Gasteiger partial charge on any atom is 0.223 e. The molecule has 116 valence electrons. The second-order valence-electron chi connectivity index (χ2n) is 6.15. The van der Waals surface area contributed by atoms with E-state index >= 15 is 0 Å². The molecule has 21 heavy (non-hydrogen) atoms. The molecule has 4 nitrogen and oxygen atoms in total. The molecular formula is C17H25NO3. The van der Waals surface area contributed by atoms with Crippen LogP contribution in [0.5, 0.6) is 0 Å². The fourth-order valence-corrected chi connectivity index (χ4v) is 2.52. The number of nitrogens with one attached hydrogen (secondary N) is 1. The zero-order chi connectivity index (χ0) is 15.3. The molecule has 2 N–H and O–H groups in total. The smallest absolute Gasteiger partial charge is 0.223 e. The van der Waals surface area contributed by atoms with Crippen LogP contribution in [0.4, 0.5) is 0 Å². The van der Waals surface area contributed by atoms with Crippen molar-refractivity contribution in [1.82, 2.24) is 5.32 Å². The van der Waals surface area contributed by atoms with Crippen LogP contribution in [-0.4, -0.2) is 36.4 Å². The molecule has 1 amide bonds. The predicted octanol–water partition coefficient (Wildman–Crippen LogP) is 1.83. The third-order valence-electron chi connectivity index (χ3n) is 4.13. The van der Waals surface area contributed by atoms with Gasteiger partial charge in [0.1, 0.15) is 0 Å². The topological polar surface area (TPSA) is 58.6 Å². The van der Waals surface area contributed by atoms with Gasteiger partial charge in [-0.1, -0.05) is 36.8 Å². The van der Waals surface area contributed by atoms with Gasteiger partial charge >= 0.3 is 0 Å². The first-order valence-corrected chi connectivity index (χ1v) is 7.62. The molecule has 0 radical (unpaired) electrons. The third kappa shape index (κ3) is 4.83. The monoisotopic (exact) mass is 291 g/mol. The van der Waals surface area contributed by atoms with Gasteiger partial charge in [0.25, 0.3) is 0 Å². The van der Waals surface area contributed by atoms with Crippen LogP contribution in [0.25, 0.3) is 0 Å². The molecule has 1 aliphatic rings. The Labute approximate surface area is 126 Å². The number of carbonyl (C=O) groups is 1. The number of aryl methyl sites for hydroxylation is 1. The second kappa shape index (κ2) is 7.05. The van der Waals surface area contributed by atoms with Crippen LogP contribution < -0.4 is 5.32 Å². The summed E-state index contributed by atoms with van der Waals surface area (Å²) in [6.07, 6.45) is 1.88. The Kier molecular flexibility index (Phi) is 5.37. The molecule has 1 fully saturated rings. The molecular weight excluding hydrogens is 266 g/mol. The standard InChI is InChI=1S/C17H25NO3/c1-13-3-5-15(6-4-13)11-14(2)16(19)18-12-17(20)7-9-21-10-8-17/h3-6,14,20H,7-12H2,1-2H3,(H,18,19). The minimum absolute atomic E-state index is 0.00417. The van der Waals surface area contributed by atoms with Gasteiger partial charge in [-0.25, -0.2) is 0 Å². The Morgan fingerprint density at radius 2 is 1.95 bits per heavy atom. The molecule has 0 spiro atoms. The van der Waals surface area contributed by atoms with Gasteiger partial charge in [0.05, 0.1) is 5.60 Å². The highest BCUT2D eigenvalue weighted by molar-refractivity contribution is 5.78. The van der Waals surface area contributed by atoms with Gasteiger partial charge in [0.2, 0.25) is 5.91 Å². The Morgan fingerprint density at radius 1 is 1.33 bits per heavy atom. The van der Waals surface area contributed by atoms with Crippen molar-refractivity contribution in [2.45, 2.75) is 38.7 Å². The van der Waals surface area contributed by atoms with E-state index < -0.39 is 5.60 Å². The number of ether oxygens (including phenoxy) is 1. The molecule has 0 bridgehead atoms. The number of carbonyl (C=O) groups excluding carboxylic acids is 1. The van der Waals surface area contributed by atoms with Crippen LogP contribution in [0.15, 0.2) is 24.3 Å². The SMILES string of the molecule is Cc1ccc(CC(C)C(=O)NCC2(O)CCOCC2)cc1. The van der Waals surface area contributed by atoms with Gasteiger partial charge in [-0.3, -0.25) is 4.79 Å². The highest BCUT2D eigenvalue weighted by atomic mass is 16.5. The van der Waals surface area contributed by atoms with Crippen molar-refractivity contribution in [3.8, 4) is 0 Å². The maximum absolute atomic E-state index is 12.1. The van der Waals surface area contributed by atoms with Crippen molar-refractivity contribution >= 4 is 5.91 Å². The minimum atomic E-state index is -0.808. The molecule has 1 heterocycles. The Balaban J connectivity index is 1.80. The molecule has 1 aromatic rings. The van der Waals surface area contributed by atoms with E-state index in [1.807, 2.05) is 6.92 Å². The quantitative estimate of drug-likeness (QED) is 0.870. The number of rotatable bonds is 5. The summed E-state index contributed by atoms with van der Waals surface area (Å²) in [4.78, 5) is 12.1. The van der Waals surface area contributed by atoms with Crippen LogP contribution in [0, 0.1) is 12.8 Å². The van der Waals surface area contributed by atoms with Gasteiger partial charge in [0, 0.05) is 38.5 Å². The van der Waals surface area contributed by atoms with Crippen molar-refractivity contribution in [3.05, 3.63) is 35.4 Å². The third-order valence-corrected chi connectivity index (χ3v) is 4.13. The first kappa shape index (κ1) is 16.0. The van der Waals surface area contributed by atoms with Gasteiger partial charge in [-0.15, -0.1) is 0 Å². The first-order valence-electron chi connectivity index (χ1n) is 7.62. The van der Waals surface area contributed by atoms with Crippen molar-refractivity contribution in [2.75, 3.05) is 19.8 Å². The molecule has 1 aliphatic heterocycles. The zero-order valence-electron chi connectivity index (χ0n) is 12.9. The molecule has 1 aromatic carbocycles. The molecule has 4 heteroatoms. The van der Waals surface area contributed by atoms with E-state index in [1.165, 1.54) is 5.56 Å². The van der Waals surface area contributed by atoms with E-state index in [1.54, 1.807) is 0 Å². The molecule has 2 rings (SSSR count). The van der Waals surface area contributed by atoms with E-state index in [4.69, 9.17) is 4.74 Å². The van der Waals surface area contributed by atoms with Crippen LogP contribution in [-0.2, 0) is 16.0 Å². The summed E-state index contributed by atoms with van der Waals surface area (Å²) in [7, 11) is 0. The van der Waals surface area contributed by atoms with Gasteiger partial charge < -0.3 is 15.2 Å². The number of benzene rings is 1. The van der Waals surface area contributed by atoms with Gasteiger partial charge in [0.15, 0.2) is 0 Å². The fourth-order valence-electron chi connectivity index (χ4n) is 2.52. The first-order chi connectivity index (χ1) is 9.98. The normalized spacial score (nSPS) is 19.0. The molecule has 0 saturated carbocycles. The molecule has 1 saturated heterocycles. The number of hydrogen-bond donors (Lipinski definition) is 2. The summed E-state index contributed by atoms with van der Waals surface area (Å²) in [5, 5.41) is 13.2. The predicted molar refractivity (Wildman–Crippen MR) is 82.1 cm³/mol. The lowest BCUT2D eigenvalue weighted by molar-refractivity contribution is -0.127. The Morgan fingerprint density at radius 3 is 2.57 bits per heavy atom. The number of hydrogen-bond acceptors (Lipinski definition) is 3. The zero-order valence-corrected chi connectivity index (χ0v) is 12.9. The van der Waals surface area contributed by atoms with E-state index in [2.05, 4.69) is 36.5 Å². The Hall–Kier alpha value is -1.39. The van der Waals surface area contributed by atoms with E-state index in [-0.39, 0.29) is 11.8 Å².